The van der Waals surface area contributed by atoms with Crippen LogP contribution in [0.2, 0.25) is 0 Å². The van der Waals surface area contributed by atoms with Crippen molar-refractivity contribution in [2.75, 3.05) is 27.4 Å². The van der Waals surface area contributed by atoms with E-state index in [4.69, 9.17) is 69.1 Å². The van der Waals surface area contributed by atoms with Crippen molar-refractivity contribution < 1.29 is 80.8 Å². The van der Waals surface area contributed by atoms with Crippen LogP contribution >= 0.6 is 12.2 Å². The minimum atomic E-state index is -2.62. The molecule has 3 aromatic rings. The Kier molecular flexibility index (Phi) is 19.9. The first-order valence-electron chi connectivity index (χ1n) is 21.0. The summed E-state index contributed by atoms with van der Waals surface area (Å²) in [6.45, 7) is 3.85. The molecule has 19 heteroatoms. The molecule has 3 aromatic carbocycles. The lowest BCUT2D eigenvalue weighted by Crippen LogP contribution is -2.69. The van der Waals surface area contributed by atoms with Crippen molar-refractivity contribution >= 4 is 47.2 Å². The molecule has 0 unspecified atom stereocenters. The first-order chi connectivity index (χ1) is 31.8. The molecule has 2 saturated heterocycles. The number of nitrogens with zero attached hydrogens (tertiary/aromatic N) is 1. The molecular weight excluding hydrogens is 883 g/mol. The van der Waals surface area contributed by atoms with Crippen molar-refractivity contribution in [1.82, 2.24) is 0 Å². The normalized spacial score (nSPS) is 25.8. The second-order valence-corrected chi connectivity index (χ2v) is 15.5. The largest absolute Gasteiger partial charge is 0.465 e. The number of isothiocyanates is 1. The van der Waals surface area contributed by atoms with E-state index >= 15 is 0 Å². The third-order valence-electron chi connectivity index (χ3n) is 10.4. The summed E-state index contributed by atoms with van der Waals surface area (Å²) in [6.07, 6.45) is -13.1. The van der Waals surface area contributed by atoms with Gasteiger partial charge in [-0.25, -0.2) is 9.79 Å². The van der Waals surface area contributed by atoms with Gasteiger partial charge in [0.25, 0.3) is 5.79 Å². The molecule has 0 radical (unpaired) electrons. The number of hydrogen-bond acceptors (Lipinski definition) is 19. The van der Waals surface area contributed by atoms with E-state index in [1.54, 1.807) is 0 Å². The number of carbonyl (C=O) groups is 5. The van der Waals surface area contributed by atoms with Gasteiger partial charge in [-0.05, 0) is 28.9 Å². The van der Waals surface area contributed by atoms with Gasteiger partial charge in [0.15, 0.2) is 18.5 Å². The summed E-state index contributed by atoms with van der Waals surface area (Å²) in [6, 6.07) is 26.5. The summed E-state index contributed by atoms with van der Waals surface area (Å²) >= 11 is 5.01. The number of rotatable bonds is 22. The average molecular weight is 938 g/mol. The second-order valence-electron chi connectivity index (χ2n) is 15.3. The number of esters is 5. The highest BCUT2D eigenvalue weighted by Crippen LogP contribution is 2.42. The summed E-state index contributed by atoms with van der Waals surface area (Å²) in [4.78, 5) is 69.3. The molecule has 356 valence electrons. The molecule has 5 rings (SSSR count). The summed E-state index contributed by atoms with van der Waals surface area (Å²) < 4.78 is 73.5. The lowest BCUT2D eigenvalue weighted by Gasteiger charge is -2.51. The zero-order valence-corrected chi connectivity index (χ0v) is 38.3. The minimum absolute atomic E-state index is 0.000140. The highest BCUT2D eigenvalue weighted by molar-refractivity contribution is 7.78. The molecule has 2 heterocycles. The van der Waals surface area contributed by atoms with E-state index in [1.807, 2.05) is 91.0 Å². The van der Waals surface area contributed by atoms with Gasteiger partial charge in [-0.1, -0.05) is 91.0 Å². The standard InChI is InChI=1S/C47H55NO17S/c1-29(49)57-27-38(61-31(3)51)41(62-32(4)52)42-39(48-28-66)36(60-30(2)50)22-47(64-42,46(53)55-6)65-43-40(58-24-34-18-12-8-13-19-34)37(26-56-23-33-16-10-7-11-17-33)63-45(54-5)44(43)59-25-35-20-14-9-15-21-35/h7-21,36-45H,22-27H2,1-6H3/t36-,37+,38+,39+,40-,41+,42+,43-,44+,45+,47-/m0/s1. The molecule has 11 atom stereocenters. The zero-order valence-electron chi connectivity index (χ0n) is 37.5. The fourth-order valence-corrected chi connectivity index (χ4v) is 7.76. The SMILES string of the molecule is COC(=O)[C@@]1(O[C@H]2[C@@H](OCc3ccccc3)[C@@H](COCc3ccccc3)O[C@@H](OC)[C@@H]2OCc2ccccc2)C[C@H](OC(C)=O)[C@@H](N=C=S)[C@H]([C@H](OC(C)=O)[C@@H](COC(C)=O)OC(C)=O)O1. The van der Waals surface area contributed by atoms with E-state index in [1.165, 1.54) is 7.11 Å². The molecular formula is C47H55NO17S. The summed E-state index contributed by atoms with van der Waals surface area (Å²) in [5.74, 6) is -7.14. The van der Waals surface area contributed by atoms with Crippen LogP contribution in [-0.2, 0) is 101 Å². The van der Waals surface area contributed by atoms with Crippen LogP contribution in [0.5, 0.6) is 0 Å². The van der Waals surface area contributed by atoms with Gasteiger partial charge in [0.1, 0.15) is 49.3 Å². The zero-order chi connectivity index (χ0) is 47.6. The summed E-state index contributed by atoms with van der Waals surface area (Å²) in [7, 11) is 2.48. The van der Waals surface area contributed by atoms with Crippen molar-refractivity contribution in [1.29, 1.82) is 0 Å². The average Bonchev–Trinajstić information content (AvgIpc) is 3.30. The highest BCUT2D eigenvalue weighted by atomic mass is 32.1. The quantitative estimate of drug-likeness (QED) is 0.0583. The number of methoxy groups -OCH3 is 2. The van der Waals surface area contributed by atoms with Gasteiger partial charge in [-0.2, -0.15) is 0 Å². The number of carbonyl (C=O) groups excluding carboxylic acids is 5. The Morgan fingerprint density at radius 1 is 0.742 bits per heavy atom. The topological polar surface area (TPSA) is 208 Å². The molecule has 66 heavy (non-hydrogen) atoms. The van der Waals surface area contributed by atoms with Crippen molar-refractivity contribution in [3.8, 4) is 0 Å². The molecule has 2 aliphatic heterocycles. The number of hydrogen-bond donors (Lipinski definition) is 0. The van der Waals surface area contributed by atoms with E-state index in [2.05, 4.69) is 10.2 Å². The molecule has 2 aliphatic rings. The third-order valence-corrected chi connectivity index (χ3v) is 10.5. The van der Waals surface area contributed by atoms with E-state index < -0.39 is 110 Å². The van der Waals surface area contributed by atoms with E-state index in [0.717, 1.165) is 51.5 Å². The molecule has 0 amide bonds. The van der Waals surface area contributed by atoms with Crippen molar-refractivity contribution in [3.05, 3.63) is 108 Å². The Morgan fingerprint density at radius 3 is 1.80 bits per heavy atom. The van der Waals surface area contributed by atoms with Gasteiger partial charge in [0, 0.05) is 34.8 Å². The summed E-state index contributed by atoms with van der Waals surface area (Å²) in [5.41, 5.74) is 2.42. The summed E-state index contributed by atoms with van der Waals surface area (Å²) in [5, 5.41) is 2.25. The van der Waals surface area contributed by atoms with Gasteiger partial charge in [0.05, 0.1) is 45.1 Å². The monoisotopic (exact) mass is 937 g/mol. The maximum Gasteiger partial charge on any atom is 0.366 e. The van der Waals surface area contributed by atoms with Gasteiger partial charge in [-0.15, -0.1) is 0 Å². The molecule has 18 nitrogen and oxygen atoms in total. The van der Waals surface area contributed by atoms with Crippen LogP contribution in [0.25, 0.3) is 0 Å². The lowest BCUT2D eigenvalue weighted by molar-refractivity contribution is -0.377. The van der Waals surface area contributed by atoms with Crippen molar-refractivity contribution in [3.63, 3.8) is 0 Å². The molecule has 0 bridgehead atoms. The Morgan fingerprint density at radius 2 is 1.30 bits per heavy atom. The maximum absolute atomic E-state index is 14.6. The molecule has 0 aliphatic carbocycles. The Bertz CT molecular complexity index is 2090. The fraction of sp³-hybridized carbons (Fsp3) is 0.489. The number of benzene rings is 3. The van der Waals surface area contributed by atoms with Gasteiger partial charge in [-0.3, -0.25) is 19.2 Å². The van der Waals surface area contributed by atoms with Crippen LogP contribution < -0.4 is 0 Å². The molecule has 0 N–H and O–H groups in total. The molecule has 2 fully saturated rings. The van der Waals surface area contributed by atoms with Crippen LogP contribution in [0.3, 0.4) is 0 Å². The van der Waals surface area contributed by atoms with Crippen molar-refractivity contribution in [2.24, 2.45) is 4.99 Å². The van der Waals surface area contributed by atoms with Crippen LogP contribution in [0, 0.1) is 0 Å². The Hall–Kier alpha value is -5.47. The predicted octanol–water partition coefficient (Wildman–Crippen LogP) is 4.62. The minimum Gasteiger partial charge on any atom is -0.465 e. The van der Waals surface area contributed by atoms with Crippen LogP contribution in [-0.4, -0.2) is 129 Å². The number of aliphatic imine (C=N–C) groups is 1. The van der Waals surface area contributed by atoms with E-state index in [-0.39, 0.29) is 26.4 Å². The van der Waals surface area contributed by atoms with E-state index in [9.17, 15) is 24.0 Å². The van der Waals surface area contributed by atoms with E-state index in [0.29, 0.717) is 0 Å². The first kappa shape index (κ1) is 51.5. The van der Waals surface area contributed by atoms with Crippen LogP contribution in [0.15, 0.2) is 96.0 Å². The Balaban J connectivity index is 1.69. The molecule has 0 saturated carbocycles. The number of thiocarbonyl (C=S) groups is 1. The fourth-order valence-electron chi connectivity index (χ4n) is 7.64. The highest BCUT2D eigenvalue weighted by Gasteiger charge is 2.62. The maximum atomic E-state index is 14.6. The lowest BCUT2D eigenvalue weighted by atomic mass is 9.88. The Labute approximate surface area is 388 Å². The predicted molar refractivity (Wildman–Crippen MR) is 233 cm³/mol. The van der Waals surface area contributed by atoms with Crippen molar-refractivity contribution in [2.45, 2.75) is 121 Å². The van der Waals surface area contributed by atoms with Crippen LogP contribution in [0.1, 0.15) is 50.8 Å². The van der Waals surface area contributed by atoms with Gasteiger partial charge >= 0.3 is 29.8 Å². The van der Waals surface area contributed by atoms with Crippen LogP contribution in [0.4, 0.5) is 0 Å². The molecule has 0 aromatic heterocycles. The van der Waals surface area contributed by atoms with Gasteiger partial charge < -0.3 is 56.8 Å². The molecule has 0 spiro atoms. The second kappa shape index (κ2) is 25.4. The number of ether oxygens (including phenoxy) is 12. The first-order valence-corrected chi connectivity index (χ1v) is 21.4. The third kappa shape index (κ3) is 14.5. The van der Waals surface area contributed by atoms with Gasteiger partial charge in [0.2, 0.25) is 0 Å². The smallest absolute Gasteiger partial charge is 0.366 e.